The van der Waals surface area contributed by atoms with Gasteiger partial charge in [-0.05, 0) is 31.5 Å². The van der Waals surface area contributed by atoms with Gasteiger partial charge < -0.3 is 10.1 Å². The van der Waals surface area contributed by atoms with Crippen LogP contribution in [0, 0.1) is 5.92 Å². The predicted molar refractivity (Wildman–Crippen MR) is 64.2 cm³/mol. The van der Waals surface area contributed by atoms with E-state index in [0.29, 0.717) is 12.0 Å². The summed E-state index contributed by atoms with van der Waals surface area (Å²) in [5, 5.41) is 3.31. The van der Waals surface area contributed by atoms with Gasteiger partial charge in [-0.1, -0.05) is 32.0 Å². The van der Waals surface area contributed by atoms with E-state index in [0.717, 1.165) is 18.8 Å². The number of hydrogen-bond donors (Lipinski definition) is 1. The van der Waals surface area contributed by atoms with Gasteiger partial charge in [-0.25, -0.2) is 0 Å². The van der Waals surface area contributed by atoms with E-state index in [1.165, 1.54) is 0 Å². The van der Waals surface area contributed by atoms with Crippen molar-refractivity contribution < 1.29 is 4.74 Å². The highest BCUT2D eigenvalue weighted by Crippen LogP contribution is 2.10. The summed E-state index contributed by atoms with van der Waals surface area (Å²) in [6.45, 7) is 5.22. The monoisotopic (exact) mass is 207 g/mol. The van der Waals surface area contributed by atoms with Crippen molar-refractivity contribution in [3.05, 3.63) is 30.3 Å². The first kappa shape index (κ1) is 12.1. The number of para-hydroxylation sites is 1. The maximum absolute atomic E-state index is 5.65. The van der Waals surface area contributed by atoms with Crippen LogP contribution < -0.4 is 10.1 Å². The average Bonchev–Trinajstić information content (AvgIpc) is 2.25. The largest absolute Gasteiger partial charge is 0.494 e. The highest BCUT2D eigenvalue weighted by atomic mass is 16.5. The van der Waals surface area contributed by atoms with Crippen molar-refractivity contribution in [1.82, 2.24) is 5.32 Å². The molecule has 84 valence electrons. The summed E-state index contributed by atoms with van der Waals surface area (Å²) in [4.78, 5) is 0. The second-order valence-corrected chi connectivity index (χ2v) is 4.09. The Balaban J connectivity index is 2.27. The minimum absolute atomic E-state index is 0.536. The molecule has 0 amide bonds. The van der Waals surface area contributed by atoms with Crippen LogP contribution in [0.15, 0.2) is 30.3 Å². The summed E-state index contributed by atoms with van der Waals surface area (Å²) in [6.07, 6.45) is 1.04. The molecule has 1 rings (SSSR count). The van der Waals surface area contributed by atoms with Gasteiger partial charge in [-0.15, -0.1) is 0 Å². The Morgan fingerprint density at radius 2 is 1.87 bits per heavy atom. The first-order valence-corrected chi connectivity index (χ1v) is 5.59. The van der Waals surface area contributed by atoms with Crippen molar-refractivity contribution in [1.29, 1.82) is 0 Å². The molecule has 2 nitrogen and oxygen atoms in total. The lowest BCUT2D eigenvalue weighted by Gasteiger charge is -2.20. The Morgan fingerprint density at radius 1 is 1.20 bits per heavy atom. The number of nitrogens with one attached hydrogen (secondary N) is 1. The molecular weight excluding hydrogens is 186 g/mol. The van der Waals surface area contributed by atoms with E-state index in [2.05, 4.69) is 19.2 Å². The van der Waals surface area contributed by atoms with Crippen molar-refractivity contribution >= 4 is 0 Å². The first-order chi connectivity index (χ1) is 7.24. The van der Waals surface area contributed by atoms with E-state index >= 15 is 0 Å². The molecule has 0 heterocycles. The molecule has 0 fully saturated rings. The lowest BCUT2D eigenvalue weighted by molar-refractivity contribution is 0.268. The molecule has 0 aromatic heterocycles. The lowest BCUT2D eigenvalue weighted by atomic mass is 10.0. The lowest BCUT2D eigenvalue weighted by Crippen LogP contribution is -2.32. The third kappa shape index (κ3) is 4.34. The molecule has 0 aliphatic rings. The topological polar surface area (TPSA) is 21.3 Å². The molecule has 1 N–H and O–H groups in total. The zero-order valence-corrected chi connectivity index (χ0v) is 9.86. The van der Waals surface area contributed by atoms with Crippen molar-refractivity contribution in [2.24, 2.45) is 5.92 Å². The molecular formula is C13H21NO. The van der Waals surface area contributed by atoms with Gasteiger partial charge in [-0.3, -0.25) is 0 Å². The number of ether oxygens (including phenoxy) is 1. The highest BCUT2D eigenvalue weighted by molar-refractivity contribution is 5.20. The molecule has 15 heavy (non-hydrogen) atoms. The van der Waals surface area contributed by atoms with E-state index in [1.807, 2.05) is 37.4 Å². The van der Waals surface area contributed by atoms with Crippen LogP contribution in [0.4, 0.5) is 0 Å². The third-order valence-corrected chi connectivity index (χ3v) is 2.62. The molecule has 0 bridgehead atoms. The van der Waals surface area contributed by atoms with Gasteiger partial charge in [0.05, 0.1) is 6.61 Å². The van der Waals surface area contributed by atoms with Crippen LogP contribution in [0.3, 0.4) is 0 Å². The third-order valence-electron chi connectivity index (χ3n) is 2.62. The van der Waals surface area contributed by atoms with E-state index < -0.39 is 0 Å². The van der Waals surface area contributed by atoms with Crippen molar-refractivity contribution in [2.45, 2.75) is 26.3 Å². The van der Waals surface area contributed by atoms with Crippen LogP contribution in [0.2, 0.25) is 0 Å². The summed E-state index contributed by atoms with van der Waals surface area (Å²) in [7, 11) is 2.01. The van der Waals surface area contributed by atoms with E-state index in [9.17, 15) is 0 Å². The highest BCUT2D eigenvalue weighted by Gasteiger charge is 2.10. The Hall–Kier alpha value is -1.02. The zero-order valence-electron chi connectivity index (χ0n) is 9.86. The molecule has 1 aromatic carbocycles. The van der Waals surface area contributed by atoms with Gasteiger partial charge in [-0.2, -0.15) is 0 Å². The summed E-state index contributed by atoms with van der Waals surface area (Å²) < 4.78 is 5.65. The summed E-state index contributed by atoms with van der Waals surface area (Å²) in [5.74, 6) is 1.60. The number of hydrogen-bond acceptors (Lipinski definition) is 2. The van der Waals surface area contributed by atoms with Gasteiger partial charge in [0, 0.05) is 6.04 Å². The maximum atomic E-state index is 5.65. The molecule has 1 atom stereocenters. The second-order valence-electron chi connectivity index (χ2n) is 4.09. The normalized spacial score (nSPS) is 12.8. The predicted octanol–water partition coefficient (Wildman–Crippen LogP) is 2.70. The van der Waals surface area contributed by atoms with Gasteiger partial charge >= 0.3 is 0 Å². The zero-order chi connectivity index (χ0) is 11.1. The Bertz CT molecular complexity index is 258. The van der Waals surface area contributed by atoms with Crippen molar-refractivity contribution in [3.63, 3.8) is 0 Å². The molecule has 0 aliphatic heterocycles. The van der Waals surface area contributed by atoms with Crippen LogP contribution >= 0.6 is 0 Å². The van der Waals surface area contributed by atoms with Crippen molar-refractivity contribution in [3.8, 4) is 5.75 Å². The minimum Gasteiger partial charge on any atom is -0.494 e. The molecule has 0 aliphatic carbocycles. The Kier molecular flexibility index (Phi) is 5.19. The Labute approximate surface area is 92.6 Å². The van der Waals surface area contributed by atoms with Crippen LogP contribution in [0.25, 0.3) is 0 Å². The minimum atomic E-state index is 0.536. The summed E-state index contributed by atoms with van der Waals surface area (Å²) in [5.41, 5.74) is 0. The van der Waals surface area contributed by atoms with Crippen molar-refractivity contribution in [2.75, 3.05) is 13.7 Å². The fraction of sp³-hybridized carbons (Fsp3) is 0.538. The average molecular weight is 207 g/mol. The standard InChI is InChI=1S/C13H21NO/c1-11(2)13(14-3)9-10-15-12-7-5-4-6-8-12/h4-8,11,13-14H,9-10H2,1-3H3. The molecule has 1 unspecified atom stereocenters. The number of benzene rings is 1. The van der Waals surface area contributed by atoms with Gasteiger partial charge in [0.15, 0.2) is 0 Å². The van der Waals surface area contributed by atoms with Crippen LogP contribution in [0.5, 0.6) is 5.75 Å². The van der Waals surface area contributed by atoms with Gasteiger partial charge in [0.1, 0.15) is 5.75 Å². The molecule has 1 aromatic rings. The summed E-state index contributed by atoms with van der Waals surface area (Å²) in [6, 6.07) is 10.5. The van der Waals surface area contributed by atoms with Crippen LogP contribution in [-0.4, -0.2) is 19.7 Å². The van der Waals surface area contributed by atoms with Gasteiger partial charge in [0.2, 0.25) is 0 Å². The van der Waals surface area contributed by atoms with Crippen LogP contribution in [-0.2, 0) is 0 Å². The molecule has 0 saturated heterocycles. The molecule has 0 radical (unpaired) electrons. The van der Waals surface area contributed by atoms with Gasteiger partial charge in [0.25, 0.3) is 0 Å². The quantitative estimate of drug-likeness (QED) is 0.774. The fourth-order valence-corrected chi connectivity index (χ4v) is 1.63. The van der Waals surface area contributed by atoms with E-state index in [-0.39, 0.29) is 0 Å². The maximum Gasteiger partial charge on any atom is 0.119 e. The number of rotatable bonds is 6. The Morgan fingerprint density at radius 3 is 2.40 bits per heavy atom. The SMILES string of the molecule is CNC(CCOc1ccccc1)C(C)C. The van der Waals surface area contributed by atoms with Crippen LogP contribution in [0.1, 0.15) is 20.3 Å². The van der Waals surface area contributed by atoms with E-state index in [4.69, 9.17) is 4.74 Å². The molecule has 0 spiro atoms. The molecule has 2 heteroatoms. The van der Waals surface area contributed by atoms with E-state index in [1.54, 1.807) is 0 Å². The first-order valence-electron chi connectivity index (χ1n) is 5.59. The second kappa shape index (κ2) is 6.46. The smallest absolute Gasteiger partial charge is 0.119 e. The fourth-order valence-electron chi connectivity index (χ4n) is 1.63. The summed E-state index contributed by atoms with van der Waals surface area (Å²) >= 11 is 0. The molecule has 0 saturated carbocycles.